The number of carbonyl (C=O) groups is 1. The molecule has 1 aromatic carbocycles. The van der Waals surface area contributed by atoms with Crippen LogP contribution >= 0.6 is 0 Å². The number of benzene rings is 1. The zero-order valence-corrected chi connectivity index (χ0v) is 10.2. The normalized spacial score (nSPS) is 11.5. The van der Waals surface area contributed by atoms with E-state index in [1.54, 1.807) is 0 Å². The van der Waals surface area contributed by atoms with Crippen LogP contribution in [0.2, 0.25) is 0 Å². The van der Waals surface area contributed by atoms with Crippen LogP contribution in [-0.4, -0.2) is 10.9 Å². The molecule has 1 heterocycles. The Kier molecular flexibility index (Phi) is 3.63. The van der Waals surface area contributed by atoms with Gasteiger partial charge in [-0.1, -0.05) is 0 Å². The second-order valence-electron chi connectivity index (χ2n) is 4.14. The van der Waals surface area contributed by atoms with Gasteiger partial charge in [0.15, 0.2) is 5.69 Å². The minimum Gasteiger partial charge on any atom is -0.366 e. The highest BCUT2D eigenvalue weighted by molar-refractivity contribution is 5.94. The lowest BCUT2D eigenvalue weighted by Crippen LogP contribution is -2.15. The average molecular weight is 302 g/mol. The number of pyridine rings is 1. The molecule has 21 heavy (non-hydrogen) atoms. The van der Waals surface area contributed by atoms with Crippen LogP contribution in [0.3, 0.4) is 0 Å². The number of carbonyl (C=O) groups excluding carboxylic acids is 1. The number of halogens is 5. The Morgan fingerprint density at radius 3 is 2.10 bits per heavy atom. The number of aromatic nitrogens is 1. The Hall–Kier alpha value is -2.51. The molecular formula is C13H7F5N2O. The van der Waals surface area contributed by atoms with Crippen molar-refractivity contribution in [3.05, 3.63) is 53.4 Å². The van der Waals surface area contributed by atoms with E-state index in [1.165, 1.54) is 0 Å². The van der Waals surface area contributed by atoms with Gasteiger partial charge in [0.1, 0.15) is 11.6 Å². The summed E-state index contributed by atoms with van der Waals surface area (Å²) in [7, 11) is 0. The van der Waals surface area contributed by atoms with Crippen molar-refractivity contribution in [2.24, 2.45) is 5.73 Å². The number of primary amides is 1. The van der Waals surface area contributed by atoms with E-state index < -0.39 is 40.5 Å². The zero-order valence-electron chi connectivity index (χ0n) is 10.2. The minimum atomic E-state index is -4.85. The van der Waals surface area contributed by atoms with E-state index in [2.05, 4.69) is 4.98 Å². The van der Waals surface area contributed by atoms with E-state index in [0.717, 1.165) is 6.07 Å². The molecule has 2 rings (SSSR count). The van der Waals surface area contributed by atoms with Gasteiger partial charge in [-0.25, -0.2) is 8.78 Å². The van der Waals surface area contributed by atoms with Crippen molar-refractivity contribution in [1.82, 2.24) is 4.98 Å². The van der Waals surface area contributed by atoms with Gasteiger partial charge in [-0.2, -0.15) is 13.2 Å². The number of nitrogens with zero attached hydrogens (tertiary/aromatic N) is 1. The summed E-state index contributed by atoms with van der Waals surface area (Å²) in [6, 6.07) is 2.73. The highest BCUT2D eigenvalue weighted by Gasteiger charge is 2.36. The largest absolute Gasteiger partial charge is 0.433 e. The number of amides is 1. The van der Waals surface area contributed by atoms with Crippen molar-refractivity contribution < 1.29 is 26.7 Å². The molecule has 0 unspecified atom stereocenters. The molecule has 2 aromatic rings. The van der Waals surface area contributed by atoms with Crippen molar-refractivity contribution >= 4 is 5.91 Å². The van der Waals surface area contributed by atoms with Crippen LogP contribution < -0.4 is 5.73 Å². The highest BCUT2D eigenvalue weighted by Crippen LogP contribution is 2.36. The lowest BCUT2D eigenvalue weighted by molar-refractivity contribution is -0.140. The maximum absolute atomic E-state index is 13.2. The third-order valence-electron chi connectivity index (χ3n) is 2.61. The van der Waals surface area contributed by atoms with Gasteiger partial charge >= 0.3 is 6.18 Å². The molecule has 0 bridgehead atoms. The third-order valence-corrected chi connectivity index (χ3v) is 2.61. The maximum Gasteiger partial charge on any atom is 0.433 e. The molecule has 0 radical (unpaired) electrons. The van der Waals surface area contributed by atoms with Crippen LogP contribution in [-0.2, 0) is 6.18 Å². The summed E-state index contributed by atoms with van der Waals surface area (Å²) >= 11 is 0. The summed E-state index contributed by atoms with van der Waals surface area (Å²) in [5, 5.41) is 0. The molecule has 0 saturated heterocycles. The fraction of sp³-hybridized carbons (Fsp3) is 0.0769. The second kappa shape index (κ2) is 5.12. The SMILES string of the molecule is NC(=O)c1cnc(C(F)(F)F)c(-c2cc(F)cc(F)c2)c1. The summed E-state index contributed by atoms with van der Waals surface area (Å²) in [6.07, 6.45) is -4.20. The molecule has 8 heteroatoms. The number of hydrogen-bond acceptors (Lipinski definition) is 2. The van der Waals surface area contributed by atoms with Gasteiger partial charge in [0.2, 0.25) is 5.91 Å². The fourth-order valence-electron chi connectivity index (χ4n) is 1.75. The molecule has 0 aliphatic rings. The second-order valence-corrected chi connectivity index (χ2v) is 4.14. The predicted molar refractivity (Wildman–Crippen MR) is 63.1 cm³/mol. The average Bonchev–Trinajstić information content (AvgIpc) is 2.35. The first kappa shape index (κ1) is 14.9. The molecule has 0 saturated carbocycles. The summed E-state index contributed by atoms with van der Waals surface area (Å²) < 4.78 is 65.0. The van der Waals surface area contributed by atoms with Crippen molar-refractivity contribution in [1.29, 1.82) is 0 Å². The van der Waals surface area contributed by atoms with Crippen molar-refractivity contribution in [2.75, 3.05) is 0 Å². The molecule has 0 atom stereocenters. The fourth-order valence-corrected chi connectivity index (χ4v) is 1.75. The van der Waals surface area contributed by atoms with Gasteiger partial charge in [0.25, 0.3) is 0 Å². The lowest BCUT2D eigenvalue weighted by atomic mass is 10.0. The first-order valence-electron chi connectivity index (χ1n) is 5.52. The van der Waals surface area contributed by atoms with Gasteiger partial charge in [-0.05, 0) is 23.8 Å². The molecule has 0 spiro atoms. The Balaban J connectivity index is 2.74. The van der Waals surface area contributed by atoms with Gasteiger partial charge in [0.05, 0.1) is 5.56 Å². The Morgan fingerprint density at radius 1 is 1.05 bits per heavy atom. The molecular weight excluding hydrogens is 295 g/mol. The standard InChI is InChI=1S/C13H7F5N2O/c14-8-1-6(2-9(15)4-8)10-3-7(12(19)21)5-20-11(10)13(16,17)18/h1-5H,(H2,19,21). The van der Waals surface area contributed by atoms with Crippen molar-refractivity contribution in [3.63, 3.8) is 0 Å². The van der Waals surface area contributed by atoms with Gasteiger partial charge in [-0.15, -0.1) is 0 Å². The number of alkyl halides is 3. The van der Waals surface area contributed by atoms with E-state index in [9.17, 15) is 26.7 Å². The van der Waals surface area contributed by atoms with E-state index in [1.807, 2.05) is 0 Å². The summed E-state index contributed by atoms with van der Waals surface area (Å²) in [5.74, 6) is -3.11. The van der Waals surface area contributed by atoms with E-state index in [4.69, 9.17) is 5.73 Å². The van der Waals surface area contributed by atoms with Crippen LogP contribution in [0.1, 0.15) is 16.1 Å². The zero-order chi connectivity index (χ0) is 15.8. The Morgan fingerprint density at radius 2 is 1.62 bits per heavy atom. The minimum absolute atomic E-state index is 0.303. The van der Waals surface area contributed by atoms with Crippen LogP contribution in [0.15, 0.2) is 30.5 Å². The molecule has 2 N–H and O–H groups in total. The van der Waals surface area contributed by atoms with E-state index in [0.29, 0.717) is 24.4 Å². The molecule has 1 aromatic heterocycles. The third kappa shape index (κ3) is 3.15. The van der Waals surface area contributed by atoms with Gasteiger partial charge < -0.3 is 5.73 Å². The van der Waals surface area contributed by atoms with Crippen molar-refractivity contribution in [3.8, 4) is 11.1 Å². The predicted octanol–water partition coefficient (Wildman–Crippen LogP) is 3.14. The Bertz CT molecular complexity index is 692. The summed E-state index contributed by atoms with van der Waals surface area (Å²) in [4.78, 5) is 14.2. The smallest absolute Gasteiger partial charge is 0.366 e. The monoisotopic (exact) mass is 302 g/mol. The first-order valence-corrected chi connectivity index (χ1v) is 5.52. The topological polar surface area (TPSA) is 56.0 Å². The quantitative estimate of drug-likeness (QED) is 0.866. The number of nitrogens with two attached hydrogens (primary N) is 1. The molecule has 0 aliphatic heterocycles. The molecule has 0 aliphatic carbocycles. The molecule has 110 valence electrons. The maximum atomic E-state index is 13.2. The molecule has 0 fully saturated rings. The van der Waals surface area contributed by atoms with Gasteiger partial charge in [-0.3, -0.25) is 9.78 Å². The van der Waals surface area contributed by atoms with E-state index >= 15 is 0 Å². The van der Waals surface area contributed by atoms with Crippen LogP contribution in [0.5, 0.6) is 0 Å². The van der Waals surface area contributed by atoms with Crippen LogP contribution in [0, 0.1) is 11.6 Å². The van der Waals surface area contributed by atoms with Crippen LogP contribution in [0.4, 0.5) is 22.0 Å². The summed E-state index contributed by atoms with van der Waals surface area (Å²) in [6.45, 7) is 0. The first-order chi connectivity index (χ1) is 9.68. The van der Waals surface area contributed by atoms with E-state index in [-0.39, 0.29) is 5.56 Å². The number of rotatable bonds is 2. The molecule has 3 nitrogen and oxygen atoms in total. The van der Waals surface area contributed by atoms with Crippen molar-refractivity contribution in [2.45, 2.75) is 6.18 Å². The molecule has 1 amide bonds. The Labute approximate surface area is 115 Å². The lowest BCUT2D eigenvalue weighted by Gasteiger charge is -2.13. The number of hydrogen-bond donors (Lipinski definition) is 1. The van der Waals surface area contributed by atoms with Crippen LogP contribution in [0.25, 0.3) is 11.1 Å². The summed E-state index contributed by atoms with van der Waals surface area (Å²) in [5.41, 5.74) is 2.28. The highest BCUT2D eigenvalue weighted by atomic mass is 19.4. The van der Waals surface area contributed by atoms with Gasteiger partial charge in [0, 0.05) is 17.8 Å².